The molecule has 0 spiro atoms. The molecule has 0 bridgehead atoms. The largest absolute Gasteiger partial charge is 0.463 e. The van der Waals surface area contributed by atoms with Gasteiger partial charge in [0.1, 0.15) is 5.75 Å². The molecule has 2 amide bonds. The SMILES string of the molecule is CCOC(=O)C1=C(CN2CCn3cccc3[C@H]2C)NC(=O)N[C@@H]1c1ccccc1OC(F)F. The predicted molar refractivity (Wildman–Crippen MR) is 116 cm³/mol. The number of carbonyl (C=O) groups excluding carboxylic acids is 2. The number of hydrogen-bond acceptors (Lipinski definition) is 5. The fraction of sp³-hybridized carbons (Fsp3) is 0.391. The van der Waals surface area contributed by atoms with Crippen LogP contribution in [0.1, 0.15) is 37.2 Å². The lowest BCUT2D eigenvalue weighted by Crippen LogP contribution is -2.49. The van der Waals surface area contributed by atoms with Crippen LogP contribution in [0, 0.1) is 0 Å². The van der Waals surface area contributed by atoms with Gasteiger partial charge < -0.3 is 24.7 Å². The van der Waals surface area contributed by atoms with Gasteiger partial charge in [0.15, 0.2) is 0 Å². The zero-order valence-corrected chi connectivity index (χ0v) is 18.4. The standard InChI is InChI=1S/C23H26F2N4O4/c1-3-32-21(30)19-16(13-29-12-11-28-10-6-8-17(28)14(29)2)26-23(31)27-20(19)15-7-4-5-9-18(15)33-22(24)25/h4-10,14,20,22H,3,11-13H2,1-2H3,(H2,26,27,31)/t14-,20-/m1/s1. The Kier molecular flexibility index (Phi) is 6.64. The highest BCUT2D eigenvalue weighted by Crippen LogP contribution is 2.35. The molecule has 0 saturated heterocycles. The molecule has 2 N–H and O–H groups in total. The van der Waals surface area contributed by atoms with Crippen LogP contribution in [0.15, 0.2) is 53.9 Å². The highest BCUT2D eigenvalue weighted by atomic mass is 19.3. The molecule has 33 heavy (non-hydrogen) atoms. The smallest absolute Gasteiger partial charge is 0.387 e. The molecule has 0 unspecified atom stereocenters. The lowest BCUT2D eigenvalue weighted by atomic mass is 9.94. The highest BCUT2D eigenvalue weighted by Gasteiger charge is 2.37. The number of halogens is 2. The molecule has 2 aliphatic rings. The number of rotatable bonds is 7. The van der Waals surface area contributed by atoms with Gasteiger partial charge in [-0.2, -0.15) is 8.78 Å². The minimum Gasteiger partial charge on any atom is -0.463 e. The van der Waals surface area contributed by atoms with E-state index >= 15 is 0 Å². The number of ether oxygens (including phenoxy) is 2. The fourth-order valence-electron chi connectivity index (χ4n) is 4.39. The van der Waals surface area contributed by atoms with Gasteiger partial charge >= 0.3 is 18.6 Å². The number of aromatic nitrogens is 1. The van der Waals surface area contributed by atoms with Crippen molar-refractivity contribution in [2.75, 3.05) is 19.7 Å². The summed E-state index contributed by atoms with van der Waals surface area (Å²) in [7, 11) is 0. The molecule has 4 rings (SSSR count). The summed E-state index contributed by atoms with van der Waals surface area (Å²) < 4.78 is 38.1. The molecule has 1 aromatic heterocycles. The van der Waals surface area contributed by atoms with Crippen LogP contribution in [-0.2, 0) is 16.1 Å². The van der Waals surface area contributed by atoms with E-state index < -0.39 is 24.7 Å². The number of benzene rings is 1. The number of amides is 2. The summed E-state index contributed by atoms with van der Waals surface area (Å²) >= 11 is 0. The fourth-order valence-corrected chi connectivity index (χ4v) is 4.39. The Morgan fingerprint density at radius 3 is 2.76 bits per heavy atom. The Labute approximate surface area is 190 Å². The molecule has 0 radical (unpaired) electrons. The normalized spacial score (nSPS) is 20.8. The Balaban J connectivity index is 1.74. The number of hydrogen-bond donors (Lipinski definition) is 2. The summed E-state index contributed by atoms with van der Waals surface area (Å²) in [5.74, 6) is -0.755. The maximum atomic E-state index is 13.0. The van der Waals surface area contributed by atoms with Crippen LogP contribution in [0.3, 0.4) is 0 Å². The summed E-state index contributed by atoms with van der Waals surface area (Å²) in [6.45, 7) is 2.57. The zero-order valence-electron chi connectivity index (χ0n) is 18.4. The maximum absolute atomic E-state index is 13.0. The van der Waals surface area contributed by atoms with E-state index in [0.717, 1.165) is 12.2 Å². The van der Waals surface area contributed by atoms with Gasteiger partial charge in [0.25, 0.3) is 0 Å². The number of esters is 1. The second kappa shape index (κ2) is 9.62. The molecule has 2 aromatic rings. The summed E-state index contributed by atoms with van der Waals surface area (Å²) in [4.78, 5) is 27.8. The molecule has 0 fully saturated rings. The van der Waals surface area contributed by atoms with E-state index in [2.05, 4.69) is 31.8 Å². The average molecular weight is 460 g/mol. The van der Waals surface area contributed by atoms with Crippen LogP contribution < -0.4 is 15.4 Å². The van der Waals surface area contributed by atoms with Gasteiger partial charge in [-0.25, -0.2) is 9.59 Å². The Morgan fingerprint density at radius 2 is 2.00 bits per heavy atom. The van der Waals surface area contributed by atoms with Crippen molar-refractivity contribution in [1.29, 1.82) is 0 Å². The summed E-state index contributed by atoms with van der Waals surface area (Å²) in [5.41, 5.74) is 1.91. The first kappa shape index (κ1) is 22.8. The van der Waals surface area contributed by atoms with Crippen LogP contribution in [0.5, 0.6) is 5.75 Å². The molecule has 2 atom stereocenters. The predicted octanol–water partition coefficient (Wildman–Crippen LogP) is 3.34. The van der Waals surface area contributed by atoms with Gasteiger partial charge in [0, 0.05) is 48.8 Å². The monoisotopic (exact) mass is 460 g/mol. The first-order valence-corrected chi connectivity index (χ1v) is 10.8. The lowest BCUT2D eigenvalue weighted by Gasteiger charge is -2.37. The van der Waals surface area contributed by atoms with Crippen molar-refractivity contribution in [1.82, 2.24) is 20.1 Å². The minimum atomic E-state index is -3.05. The number of nitrogens with zero attached hydrogens (tertiary/aromatic N) is 2. The van der Waals surface area contributed by atoms with Crippen LogP contribution in [0.4, 0.5) is 13.6 Å². The van der Waals surface area contributed by atoms with Gasteiger partial charge in [-0.3, -0.25) is 4.90 Å². The van der Waals surface area contributed by atoms with Gasteiger partial charge in [-0.1, -0.05) is 18.2 Å². The van der Waals surface area contributed by atoms with Crippen molar-refractivity contribution in [3.63, 3.8) is 0 Å². The van der Waals surface area contributed by atoms with E-state index in [1.807, 2.05) is 18.3 Å². The van der Waals surface area contributed by atoms with E-state index in [1.165, 1.54) is 6.07 Å². The van der Waals surface area contributed by atoms with E-state index in [-0.39, 0.29) is 36.1 Å². The second-order valence-corrected chi connectivity index (χ2v) is 7.83. The van der Waals surface area contributed by atoms with E-state index in [0.29, 0.717) is 12.2 Å². The van der Waals surface area contributed by atoms with Crippen molar-refractivity contribution in [3.8, 4) is 5.75 Å². The quantitative estimate of drug-likeness (QED) is 0.620. The Morgan fingerprint density at radius 1 is 1.21 bits per heavy atom. The van der Waals surface area contributed by atoms with Gasteiger partial charge in [-0.15, -0.1) is 0 Å². The second-order valence-electron chi connectivity index (χ2n) is 7.83. The van der Waals surface area contributed by atoms with Crippen molar-refractivity contribution < 1.29 is 27.8 Å². The van der Waals surface area contributed by atoms with Gasteiger partial charge in [0.05, 0.1) is 18.2 Å². The first-order chi connectivity index (χ1) is 15.9. The molecular formula is C23H26F2N4O4. The molecule has 3 heterocycles. The minimum absolute atomic E-state index is 0.0457. The molecule has 0 aliphatic carbocycles. The Bertz CT molecular complexity index is 1070. The number of nitrogens with one attached hydrogen (secondary N) is 2. The summed E-state index contributed by atoms with van der Waals surface area (Å²) in [6, 6.07) is 8.62. The van der Waals surface area contributed by atoms with Crippen LogP contribution in [0.25, 0.3) is 0 Å². The Hall–Kier alpha value is -3.40. The number of para-hydroxylation sites is 1. The van der Waals surface area contributed by atoms with Crippen LogP contribution in [-0.4, -0.2) is 47.8 Å². The van der Waals surface area contributed by atoms with Crippen molar-refractivity contribution in [2.45, 2.75) is 39.1 Å². The van der Waals surface area contributed by atoms with Crippen molar-refractivity contribution in [2.24, 2.45) is 0 Å². The van der Waals surface area contributed by atoms with E-state index in [4.69, 9.17) is 4.74 Å². The van der Waals surface area contributed by atoms with Crippen molar-refractivity contribution >= 4 is 12.0 Å². The number of carbonyl (C=O) groups is 2. The third kappa shape index (κ3) is 4.70. The van der Waals surface area contributed by atoms with Gasteiger partial charge in [0.2, 0.25) is 0 Å². The molecule has 10 heteroatoms. The molecule has 1 aromatic carbocycles. The molecule has 0 saturated carbocycles. The molecule has 176 valence electrons. The third-order valence-corrected chi connectivity index (χ3v) is 5.92. The molecular weight excluding hydrogens is 434 g/mol. The number of alkyl halides is 2. The van der Waals surface area contributed by atoms with Crippen LogP contribution >= 0.6 is 0 Å². The topological polar surface area (TPSA) is 84.8 Å². The average Bonchev–Trinajstić information content (AvgIpc) is 3.25. The van der Waals surface area contributed by atoms with E-state index in [1.54, 1.807) is 25.1 Å². The summed E-state index contributed by atoms with van der Waals surface area (Å²) in [5, 5.41) is 5.41. The van der Waals surface area contributed by atoms with Crippen molar-refractivity contribution in [3.05, 3.63) is 65.1 Å². The lowest BCUT2D eigenvalue weighted by molar-refractivity contribution is -0.139. The summed E-state index contributed by atoms with van der Waals surface area (Å²) in [6.07, 6.45) is 2.02. The molecule has 8 nitrogen and oxygen atoms in total. The first-order valence-electron chi connectivity index (χ1n) is 10.8. The zero-order chi connectivity index (χ0) is 23.5. The number of fused-ring (bicyclic) bond motifs is 1. The van der Waals surface area contributed by atoms with E-state index in [9.17, 15) is 18.4 Å². The number of urea groups is 1. The maximum Gasteiger partial charge on any atom is 0.387 e. The van der Waals surface area contributed by atoms with Crippen LogP contribution in [0.2, 0.25) is 0 Å². The van der Waals surface area contributed by atoms with Gasteiger partial charge in [-0.05, 0) is 32.0 Å². The highest BCUT2D eigenvalue weighted by molar-refractivity contribution is 5.95. The third-order valence-electron chi connectivity index (χ3n) is 5.92. The molecule has 2 aliphatic heterocycles.